The summed E-state index contributed by atoms with van der Waals surface area (Å²) in [6.45, 7) is 5.50. The summed E-state index contributed by atoms with van der Waals surface area (Å²) >= 11 is 0. The Kier molecular flexibility index (Phi) is 6.06. The largest absolute Gasteiger partial charge is 0.374 e. The molecule has 0 aliphatic rings. The molecule has 0 amide bonds. The molecule has 17 heavy (non-hydrogen) atoms. The van der Waals surface area contributed by atoms with Crippen molar-refractivity contribution >= 4 is 5.69 Å². The summed E-state index contributed by atoms with van der Waals surface area (Å²) in [5, 5.41) is 0. The minimum atomic E-state index is 0.274. The average Bonchev–Trinajstić information content (AvgIpc) is 2.36. The molecule has 2 N–H and O–H groups in total. The van der Waals surface area contributed by atoms with E-state index < -0.39 is 0 Å². The standard InChI is InChI=1S/C15H26N2/c1-4-6-11-17(3)15-10-8-7-9-13(15)12-14(16)5-2/h7-10,14H,4-6,11-12,16H2,1-3H3. The lowest BCUT2D eigenvalue weighted by Crippen LogP contribution is -2.24. The van der Waals surface area contributed by atoms with E-state index in [1.165, 1.54) is 24.1 Å². The highest BCUT2D eigenvalue weighted by atomic mass is 15.1. The summed E-state index contributed by atoms with van der Waals surface area (Å²) < 4.78 is 0. The molecule has 0 saturated carbocycles. The van der Waals surface area contributed by atoms with E-state index in [-0.39, 0.29) is 6.04 Å². The van der Waals surface area contributed by atoms with Crippen LogP contribution in [0.4, 0.5) is 5.69 Å². The quantitative estimate of drug-likeness (QED) is 0.785. The molecule has 1 aromatic carbocycles. The Labute approximate surface area is 106 Å². The predicted octanol–water partition coefficient (Wildman–Crippen LogP) is 3.20. The first-order valence-electron chi connectivity index (χ1n) is 6.73. The molecular weight excluding hydrogens is 208 g/mol. The van der Waals surface area contributed by atoms with Gasteiger partial charge in [0, 0.05) is 25.3 Å². The minimum absolute atomic E-state index is 0.274. The van der Waals surface area contributed by atoms with Gasteiger partial charge in [-0.15, -0.1) is 0 Å². The van der Waals surface area contributed by atoms with Gasteiger partial charge in [0.05, 0.1) is 0 Å². The van der Waals surface area contributed by atoms with Crippen LogP contribution in [0.25, 0.3) is 0 Å². The second-order valence-corrected chi connectivity index (χ2v) is 4.78. The van der Waals surface area contributed by atoms with Crippen LogP contribution in [-0.4, -0.2) is 19.6 Å². The van der Waals surface area contributed by atoms with Crippen LogP contribution in [0.1, 0.15) is 38.7 Å². The fraction of sp³-hybridized carbons (Fsp3) is 0.600. The van der Waals surface area contributed by atoms with Crippen LogP contribution in [0, 0.1) is 0 Å². The van der Waals surface area contributed by atoms with Gasteiger partial charge in [0.2, 0.25) is 0 Å². The summed E-state index contributed by atoms with van der Waals surface area (Å²) in [5.41, 5.74) is 8.77. The molecule has 0 fully saturated rings. The molecule has 0 bridgehead atoms. The van der Waals surface area contributed by atoms with Gasteiger partial charge in [0.1, 0.15) is 0 Å². The lowest BCUT2D eigenvalue weighted by atomic mass is 10.0. The molecule has 2 heteroatoms. The maximum absolute atomic E-state index is 6.06. The highest BCUT2D eigenvalue weighted by Gasteiger charge is 2.09. The number of para-hydroxylation sites is 1. The summed E-state index contributed by atoms with van der Waals surface area (Å²) in [6, 6.07) is 8.89. The number of hydrogen-bond donors (Lipinski definition) is 1. The van der Waals surface area contributed by atoms with Gasteiger partial charge in [0.25, 0.3) is 0 Å². The van der Waals surface area contributed by atoms with Gasteiger partial charge in [-0.2, -0.15) is 0 Å². The molecule has 0 aromatic heterocycles. The van der Waals surface area contributed by atoms with Gasteiger partial charge in [-0.1, -0.05) is 38.5 Å². The Bertz CT molecular complexity index is 322. The molecule has 0 radical (unpaired) electrons. The number of nitrogens with zero attached hydrogens (tertiary/aromatic N) is 1. The van der Waals surface area contributed by atoms with Gasteiger partial charge < -0.3 is 10.6 Å². The molecule has 96 valence electrons. The first kappa shape index (κ1) is 14.0. The van der Waals surface area contributed by atoms with Crippen LogP contribution in [0.2, 0.25) is 0 Å². The Morgan fingerprint density at radius 1 is 1.24 bits per heavy atom. The SMILES string of the molecule is CCCCN(C)c1ccccc1CC(N)CC. The molecule has 2 nitrogen and oxygen atoms in total. The number of anilines is 1. The second-order valence-electron chi connectivity index (χ2n) is 4.78. The number of rotatable bonds is 7. The third-order valence-electron chi connectivity index (χ3n) is 3.26. The molecule has 1 atom stereocenters. The Morgan fingerprint density at radius 2 is 1.94 bits per heavy atom. The topological polar surface area (TPSA) is 29.3 Å². The van der Waals surface area contributed by atoms with Crippen molar-refractivity contribution in [3.05, 3.63) is 29.8 Å². The summed E-state index contributed by atoms with van der Waals surface area (Å²) in [5.74, 6) is 0. The van der Waals surface area contributed by atoms with Crippen molar-refractivity contribution in [1.29, 1.82) is 0 Å². The first-order valence-corrected chi connectivity index (χ1v) is 6.73. The minimum Gasteiger partial charge on any atom is -0.374 e. The molecule has 0 aliphatic carbocycles. The Hall–Kier alpha value is -1.02. The smallest absolute Gasteiger partial charge is 0.0396 e. The van der Waals surface area contributed by atoms with Crippen LogP contribution in [0.5, 0.6) is 0 Å². The fourth-order valence-corrected chi connectivity index (χ4v) is 2.00. The third kappa shape index (κ3) is 4.39. The van der Waals surface area contributed by atoms with E-state index in [0.29, 0.717) is 0 Å². The van der Waals surface area contributed by atoms with Crippen molar-refractivity contribution in [1.82, 2.24) is 0 Å². The van der Waals surface area contributed by atoms with Crippen LogP contribution in [0.15, 0.2) is 24.3 Å². The maximum atomic E-state index is 6.06. The van der Waals surface area contributed by atoms with E-state index >= 15 is 0 Å². The van der Waals surface area contributed by atoms with E-state index in [1.54, 1.807) is 0 Å². The monoisotopic (exact) mass is 234 g/mol. The average molecular weight is 234 g/mol. The van der Waals surface area contributed by atoms with Crippen LogP contribution >= 0.6 is 0 Å². The van der Waals surface area contributed by atoms with E-state index in [9.17, 15) is 0 Å². The molecular formula is C15H26N2. The zero-order valence-electron chi connectivity index (χ0n) is 11.4. The Morgan fingerprint density at radius 3 is 2.59 bits per heavy atom. The lowest BCUT2D eigenvalue weighted by molar-refractivity contribution is 0.644. The van der Waals surface area contributed by atoms with Crippen LogP contribution < -0.4 is 10.6 Å². The summed E-state index contributed by atoms with van der Waals surface area (Å²) in [7, 11) is 2.17. The number of benzene rings is 1. The normalized spacial score (nSPS) is 12.5. The van der Waals surface area contributed by atoms with Crippen LogP contribution in [-0.2, 0) is 6.42 Å². The zero-order chi connectivity index (χ0) is 12.7. The fourth-order valence-electron chi connectivity index (χ4n) is 2.00. The first-order chi connectivity index (χ1) is 8.19. The lowest BCUT2D eigenvalue weighted by Gasteiger charge is -2.23. The zero-order valence-corrected chi connectivity index (χ0v) is 11.4. The number of unbranched alkanes of at least 4 members (excludes halogenated alkanes) is 1. The number of nitrogens with two attached hydrogens (primary N) is 1. The van der Waals surface area contributed by atoms with Gasteiger partial charge in [0.15, 0.2) is 0 Å². The van der Waals surface area contributed by atoms with E-state index in [0.717, 1.165) is 19.4 Å². The van der Waals surface area contributed by atoms with Gasteiger partial charge >= 0.3 is 0 Å². The van der Waals surface area contributed by atoms with Crippen molar-refractivity contribution in [3.63, 3.8) is 0 Å². The predicted molar refractivity (Wildman–Crippen MR) is 76.6 cm³/mol. The van der Waals surface area contributed by atoms with E-state index in [2.05, 4.69) is 50.1 Å². The highest BCUT2D eigenvalue weighted by molar-refractivity contribution is 5.53. The molecule has 1 unspecified atom stereocenters. The number of hydrogen-bond acceptors (Lipinski definition) is 2. The van der Waals surface area contributed by atoms with Gasteiger partial charge in [-0.25, -0.2) is 0 Å². The molecule has 0 saturated heterocycles. The molecule has 1 aromatic rings. The molecule has 0 heterocycles. The van der Waals surface area contributed by atoms with E-state index in [4.69, 9.17) is 5.73 Å². The summed E-state index contributed by atoms with van der Waals surface area (Å²) in [4.78, 5) is 2.35. The maximum Gasteiger partial charge on any atom is 0.0396 e. The van der Waals surface area contributed by atoms with Crippen molar-refractivity contribution in [3.8, 4) is 0 Å². The summed E-state index contributed by atoms with van der Waals surface area (Å²) in [6.07, 6.45) is 4.49. The van der Waals surface area contributed by atoms with E-state index in [1.807, 2.05) is 0 Å². The van der Waals surface area contributed by atoms with Gasteiger partial charge in [-0.3, -0.25) is 0 Å². The van der Waals surface area contributed by atoms with Crippen molar-refractivity contribution in [2.75, 3.05) is 18.5 Å². The highest BCUT2D eigenvalue weighted by Crippen LogP contribution is 2.21. The third-order valence-corrected chi connectivity index (χ3v) is 3.26. The van der Waals surface area contributed by atoms with Crippen molar-refractivity contribution < 1.29 is 0 Å². The van der Waals surface area contributed by atoms with Crippen molar-refractivity contribution in [2.24, 2.45) is 5.73 Å². The molecule has 0 aliphatic heterocycles. The van der Waals surface area contributed by atoms with Gasteiger partial charge in [-0.05, 0) is 30.9 Å². The molecule has 1 rings (SSSR count). The Balaban J connectivity index is 2.76. The van der Waals surface area contributed by atoms with Crippen molar-refractivity contribution in [2.45, 2.75) is 45.6 Å². The molecule has 0 spiro atoms. The second kappa shape index (κ2) is 7.33. The van der Waals surface area contributed by atoms with Crippen LogP contribution in [0.3, 0.4) is 0 Å².